The molecular weight excluding hydrogens is 811 g/mol. The molecule has 0 saturated carbocycles. The largest absolute Gasteiger partial charge is 0.361 e. The first-order valence-electron chi connectivity index (χ1n) is 20.7. The van der Waals surface area contributed by atoms with E-state index < -0.39 is 45.7 Å². The molecule has 0 unspecified atom stereocenters. The van der Waals surface area contributed by atoms with Gasteiger partial charge in [-0.15, -0.1) is 0 Å². The zero-order valence-electron chi connectivity index (χ0n) is 36.1. The lowest BCUT2D eigenvalue weighted by molar-refractivity contribution is -0.322. The number of carbonyl (C=O) groups excluding carboxylic acids is 3. The monoisotopic (exact) mass is 867 g/mol. The van der Waals surface area contributed by atoms with Gasteiger partial charge in [0.05, 0.1) is 18.5 Å². The van der Waals surface area contributed by atoms with Gasteiger partial charge in [-0.3, -0.25) is 42.5 Å². The highest BCUT2D eigenvalue weighted by molar-refractivity contribution is 7.85. The van der Waals surface area contributed by atoms with Crippen molar-refractivity contribution in [1.82, 2.24) is 43.7 Å². The van der Waals surface area contributed by atoms with E-state index >= 15 is 0 Å². The zero-order valence-corrected chi connectivity index (χ0v) is 36.9. The van der Waals surface area contributed by atoms with Gasteiger partial charge < -0.3 is 29.8 Å². The van der Waals surface area contributed by atoms with E-state index in [9.17, 15) is 37.5 Å². The van der Waals surface area contributed by atoms with Crippen molar-refractivity contribution in [2.75, 3.05) is 26.4 Å². The van der Waals surface area contributed by atoms with Crippen LogP contribution in [0.3, 0.4) is 0 Å². The van der Waals surface area contributed by atoms with Gasteiger partial charge in [-0.2, -0.15) is 8.42 Å². The molecule has 7 heterocycles. The smallest absolute Gasteiger partial charge is 0.332 e. The number of benzene rings is 1. The highest BCUT2D eigenvalue weighted by Crippen LogP contribution is 2.49. The van der Waals surface area contributed by atoms with Crippen molar-refractivity contribution in [2.45, 2.75) is 95.5 Å². The number of nitrogens with one attached hydrogen (secondary N) is 2. The van der Waals surface area contributed by atoms with E-state index in [0.29, 0.717) is 49.8 Å². The molecule has 3 aromatic heterocycles. The number of piperazine rings is 1. The maximum atomic E-state index is 14.4. The lowest BCUT2D eigenvalue weighted by Crippen LogP contribution is -2.71. The Morgan fingerprint density at radius 1 is 1.08 bits per heavy atom. The van der Waals surface area contributed by atoms with Crippen molar-refractivity contribution >= 4 is 49.9 Å². The van der Waals surface area contributed by atoms with Crippen LogP contribution < -0.4 is 16.6 Å². The molecule has 4 aliphatic heterocycles. The second-order valence-electron chi connectivity index (χ2n) is 18.0. The van der Waals surface area contributed by atoms with Crippen LogP contribution in [-0.4, -0.2) is 130 Å². The molecule has 5 aliphatic rings. The summed E-state index contributed by atoms with van der Waals surface area (Å²) in [4.78, 5) is 78.0. The van der Waals surface area contributed by atoms with Crippen LogP contribution >= 0.6 is 0 Å². The number of aromatic nitrogens is 5. The van der Waals surface area contributed by atoms with Gasteiger partial charge in [0.2, 0.25) is 17.5 Å². The third-order valence-corrected chi connectivity index (χ3v) is 13.0. The van der Waals surface area contributed by atoms with E-state index in [1.54, 1.807) is 23.6 Å². The van der Waals surface area contributed by atoms with Crippen LogP contribution in [0.5, 0.6) is 0 Å². The molecule has 1 aromatic carbocycles. The molecular formula is C41H57N9O10S. The van der Waals surface area contributed by atoms with Gasteiger partial charge in [-0.05, 0) is 62.3 Å². The number of hydrogen-bond acceptors (Lipinski definition) is 11. The number of nitrogens with zero attached hydrogens (tertiary/aromatic N) is 7. The average molecular weight is 868 g/mol. The number of rotatable bonds is 5. The Labute approximate surface area is 353 Å². The molecule has 4 saturated heterocycles. The fourth-order valence-electron chi connectivity index (χ4n) is 10.1. The Kier molecular flexibility index (Phi) is 11.4. The predicted molar refractivity (Wildman–Crippen MR) is 225 cm³/mol. The molecule has 0 bridgehead atoms. The number of amides is 3. The minimum atomic E-state index is -3.67. The maximum Gasteiger partial charge on any atom is 0.332 e. The minimum Gasteiger partial charge on any atom is -0.361 e. The third kappa shape index (κ3) is 7.49. The molecule has 9 rings (SSSR count). The highest BCUT2D eigenvalue weighted by Gasteiger charge is 2.72. The topological polar surface area (TPSA) is 234 Å². The van der Waals surface area contributed by atoms with Crippen molar-refractivity contribution < 1.29 is 37.2 Å². The number of piperidine rings is 1. The van der Waals surface area contributed by atoms with Crippen molar-refractivity contribution in [1.29, 1.82) is 0 Å². The number of aromatic amines is 1. The second-order valence-corrected chi connectivity index (χ2v) is 19.4. The summed E-state index contributed by atoms with van der Waals surface area (Å²) in [5, 5.41) is 16.4. The van der Waals surface area contributed by atoms with Crippen molar-refractivity contribution in [3.63, 3.8) is 0 Å². The minimum absolute atomic E-state index is 0.116. The van der Waals surface area contributed by atoms with E-state index in [1.165, 1.54) is 39.4 Å². The Morgan fingerprint density at radius 3 is 2.43 bits per heavy atom. The van der Waals surface area contributed by atoms with Crippen molar-refractivity contribution in [3.8, 4) is 0 Å². The van der Waals surface area contributed by atoms with Crippen LogP contribution in [0.25, 0.3) is 22.1 Å². The number of aryl methyl sites for hydroxylation is 2. The molecule has 4 N–H and O–H groups in total. The number of hydrogen-bond donors (Lipinski definition) is 4. The van der Waals surface area contributed by atoms with E-state index in [4.69, 9.17) is 9.29 Å². The first kappa shape index (κ1) is 44.2. The molecule has 19 nitrogen and oxygen atoms in total. The van der Waals surface area contributed by atoms with Gasteiger partial charge in [-0.25, -0.2) is 9.78 Å². The predicted octanol–water partition coefficient (Wildman–Crippen LogP) is 0.995. The van der Waals surface area contributed by atoms with Gasteiger partial charge >= 0.3 is 5.69 Å². The summed E-state index contributed by atoms with van der Waals surface area (Å²) in [5.41, 5.74) is 2.11. The summed E-state index contributed by atoms with van der Waals surface area (Å²) < 4.78 is 36.4. The summed E-state index contributed by atoms with van der Waals surface area (Å²) in [5.74, 6) is -3.48. The molecule has 3 amide bonds. The van der Waals surface area contributed by atoms with E-state index in [1.807, 2.05) is 27.7 Å². The highest BCUT2D eigenvalue weighted by atomic mass is 32.2. The number of H-pyrrole nitrogens is 1. The Bertz CT molecular complexity index is 2620. The lowest BCUT2D eigenvalue weighted by atomic mass is 9.72. The van der Waals surface area contributed by atoms with Gasteiger partial charge in [0.1, 0.15) is 12.1 Å². The first-order chi connectivity index (χ1) is 28.5. The number of fused-ring (bicyclic) bond motifs is 6. The Hall–Kier alpha value is -4.89. The zero-order chi connectivity index (χ0) is 44.7. The Balaban J connectivity index is 0.000000244. The molecule has 61 heavy (non-hydrogen) atoms. The fourth-order valence-corrected chi connectivity index (χ4v) is 10.1. The number of imidazole rings is 1. The number of likely N-dealkylation sites (tertiary alicyclic amines) is 1. The van der Waals surface area contributed by atoms with E-state index in [-0.39, 0.29) is 46.9 Å². The van der Waals surface area contributed by atoms with Crippen molar-refractivity contribution in [2.24, 2.45) is 38.9 Å². The second kappa shape index (κ2) is 15.8. The van der Waals surface area contributed by atoms with Gasteiger partial charge in [-0.1, -0.05) is 39.8 Å². The molecule has 332 valence electrons. The van der Waals surface area contributed by atoms with E-state index in [0.717, 1.165) is 22.9 Å². The Morgan fingerprint density at radius 2 is 1.77 bits per heavy atom. The normalized spacial score (nSPS) is 28.4. The summed E-state index contributed by atoms with van der Waals surface area (Å²) in [6.07, 6.45) is 7.59. The molecule has 20 heteroatoms. The summed E-state index contributed by atoms with van der Waals surface area (Å²) >= 11 is 0. The molecule has 1 aliphatic carbocycles. The number of carbonyl (C=O) groups is 3. The number of aliphatic hydroxyl groups is 1. The summed E-state index contributed by atoms with van der Waals surface area (Å²) in [6, 6.07) is 5.13. The van der Waals surface area contributed by atoms with Crippen LogP contribution in [0.2, 0.25) is 0 Å². The summed E-state index contributed by atoms with van der Waals surface area (Å²) in [6.45, 7) is 8.73. The molecule has 4 aromatic rings. The molecule has 0 spiro atoms. The number of ether oxygens (including phenoxy) is 1. The van der Waals surface area contributed by atoms with Crippen LogP contribution in [-0.2, 0) is 56.8 Å². The lowest BCUT2D eigenvalue weighted by Gasteiger charge is -2.49. The van der Waals surface area contributed by atoms with Crippen LogP contribution in [0.1, 0.15) is 70.4 Å². The first-order valence-corrected chi connectivity index (χ1v) is 22.5. The van der Waals surface area contributed by atoms with Gasteiger partial charge in [0.25, 0.3) is 27.5 Å². The molecule has 4 fully saturated rings. The van der Waals surface area contributed by atoms with Gasteiger partial charge in [0, 0.05) is 69.2 Å². The molecule has 0 radical (unpaired) electrons. The van der Waals surface area contributed by atoms with Crippen molar-refractivity contribution in [3.05, 3.63) is 62.7 Å². The van der Waals surface area contributed by atoms with Gasteiger partial charge in [0.15, 0.2) is 11.2 Å². The standard InChI is InChI=1S/C32H43N5O5.C8H10N4O2.CH4O3S/c1-17(2)12-25-29(39)36-11-7-10-26(36)32(41)37(25)30(40)31(42-32,18(3)4)34-28(38)20-13-22-21-8-6-9-23-27(21)19(15-33-23)14-24(22)35(5)16-20;1-10-4-9-6-5(10)7(13)12(3)8(14)11(6)2;1-5(2,3)4/h6,8-9,15,17-18,20,22,24-26,33,41H,7,10-14,16H2,1-5H3,(H,34,38);4H,1-3H3;1H3,(H,2,3,4)/t20-,22-,24-,25+,26+,31-,32+;;/m1../s1. The SMILES string of the molecule is CC(C)C[C@H]1C(=O)N2CCC[C@H]2[C@]2(O)O[C@](NC(=O)[C@@H]3C[C@@H]4c5cccc6[nH]cc(c56)C[C@H]4N(C)C3)(C(C)C)C(=O)N12.CS(=O)(=O)O.Cn1c(=O)c2c(ncn2C)n(C)c1=O. The number of likely N-dealkylation sites (N-methyl/N-ethyl adjacent to an activating group) is 1. The third-order valence-electron chi connectivity index (χ3n) is 13.0. The average Bonchev–Trinajstić information content (AvgIpc) is 3.98. The maximum absolute atomic E-state index is 14.4. The molecule has 7 atom stereocenters. The van der Waals surface area contributed by atoms with E-state index in [2.05, 4.69) is 51.6 Å². The van der Waals surface area contributed by atoms with Crippen LogP contribution in [0.15, 0.2) is 40.3 Å². The van der Waals surface area contributed by atoms with Crippen LogP contribution in [0.4, 0.5) is 0 Å². The quantitative estimate of drug-likeness (QED) is 0.206. The summed E-state index contributed by atoms with van der Waals surface area (Å²) in [7, 11) is 3.18. The van der Waals surface area contributed by atoms with Crippen LogP contribution in [0, 0.1) is 17.8 Å². The fraction of sp³-hybridized carbons (Fsp3) is 0.610.